The van der Waals surface area contributed by atoms with E-state index in [1.165, 1.54) is 0 Å². The number of benzene rings is 1. The summed E-state index contributed by atoms with van der Waals surface area (Å²) < 4.78 is 31.7. The van der Waals surface area contributed by atoms with Crippen molar-refractivity contribution in [1.82, 2.24) is 14.8 Å². The molecule has 1 aromatic heterocycles. The molecule has 1 saturated carbocycles. The fourth-order valence-electron chi connectivity index (χ4n) is 4.22. The summed E-state index contributed by atoms with van der Waals surface area (Å²) in [6, 6.07) is 15.6. The highest BCUT2D eigenvalue weighted by Crippen LogP contribution is 2.59. The first-order valence-electron chi connectivity index (χ1n) is 10.8. The van der Waals surface area contributed by atoms with E-state index in [9.17, 15) is 22.8 Å². The number of pyridine rings is 1. The van der Waals surface area contributed by atoms with E-state index in [0.717, 1.165) is 30.6 Å². The molecular formula is C24H26F3N3O4. The van der Waals surface area contributed by atoms with Gasteiger partial charge in [-0.25, -0.2) is 4.79 Å². The van der Waals surface area contributed by atoms with Crippen LogP contribution < -0.4 is 0 Å². The molecule has 1 aliphatic heterocycles. The number of rotatable bonds is 5. The number of amides is 2. The number of likely N-dealkylation sites (tertiary alicyclic amines) is 1. The van der Waals surface area contributed by atoms with Crippen molar-refractivity contribution in [3.8, 4) is 0 Å². The van der Waals surface area contributed by atoms with E-state index in [1.807, 2.05) is 60.5 Å². The molecule has 10 heteroatoms. The van der Waals surface area contributed by atoms with Crippen LogP contribution in [-0.4, -0.2) is 64.0 Å². The van der Waals surface area contributed by atoms with Crippen LogP contribution >= 0.6 is 0 Å². The molecule has 1 saturated heterocycles. The molecule has 2 amide bonds. The summed E-state index contributed by atoms with van der Waals surface area (Å²) >= 11 is 0. The Kier molecular flexibility index (Phi) is 7.58. The molecule has 0 bridgehead atoms. The van der Waals surface area contributed by atoms with Gasteiger partial charge in [0, 0.05) is 37.7 Å². The summed E-state index contributed by atoms with van der Waals surface area (Å²) in [6.45, 7) is 2.01. The maximum Gasteiger partial charge on any atom is 0.490 e. The number of nitrogens with zero attached hydrogens (tertiary/aromatic N) is 3. The molecule has 2 fully saturated rings. The van der Waals surface area contributed by atoms with E-state index in [4.69, 9.17) is 9.90 Å². The average Bonchev–Trinajstić information content (AvgIpc) is 3.32. The first-order valence-corrected chi connectivity index (χ1v) is 10.8. The Morgan fingerprint density at radius 1 is 1.15 bits per heavy atom. The molecule has 1 N–H and O–H groups in total. The van der Waals surface area contributed by atoms with Crippen LogP contribution in [0.25, 0.3) is 0 Å². The molecule has 7 nitrogen and oxygen atoms in total. The SMILES string of the molecule is CN(Cc1ccccn1)C(=O)C1CC12CCN(C(=O)Cc1ccccc1)C2.O=C(O)C(F)(F)F. The highest BCUT2D eigenvalue weighted by Gasteiger charge is 2.61. The van der Waals surface area contributed by atoms with Crippen LogP contribution in [0.1, 0.15) is 24.1 Å². The lowest BCUT2D eigenvalue weighted by Crippen LogP contribution is -2.33. The van der Waals surface area contributed by atoms with Gasteiger partial charge in [-0.1, -0.05) is 36.4 Å². The number of carboxylic acids is 1. The van der Waals surface area contributed by atoms with E-state index in [-0.39, 0.29) is 23.1 Å². The van der Waals surface area contributed by atoms with Gasteiger partial charge in [0.15, 0.2) is 0 Å². The van der Waals surface area contributed by atoms with Gasteiger partial charge in [-0.15, -0.1) is 0 Å². The standard InChI is InChI=1S/C22H25N3O2.C2HF3O2/c1-24(15-18-9-5-6-11-23-18)21(27)19-14-22(19)10-12-25(16-22)20(26)13-17-7-3-2-4-8-17;3-2(4,5)1(6)7/h2-9,11,19H,10,12-16H2,1H3;(H,6,7). The van der Waals surface area contributed by atoms with Gasteiger partial charge in [0.1, 0.15) is 0 Å². The number of carboxylic acid groups (broad SMARTS) is 1. The normalized spacial score (nSPS) is 20.9. The molecular weight excluding hydrogens is 451 g/mol. The largest absolute Gasteiger partial charge is 0.490 e. The zero-order chi connectivity index (χ0) is 24.9. The maximum atomic E-state index is 12.8. The van der Waals surface area contributed by atoms with Crippen molar-refractivity contribution in [2.24, 2.45) is 11.3 Å². The van der Waals surface area contributed by atoms with Crippen molar-refractivity contribution >= 4 is 17.8 Å². The third-order valence-electron chi connectivity index (χ3n) is 6.17. The summed E-state index contributed by atoms with van der Waals surface area (Å²) in [4.78, 5) is 42.3. The van der Waals surface area contributed by atoms with Crippen molar-refractivity contribution in [2.75, 3.05) is 20.1 Å². The third-order valence-corrected chi connectivity index (χ3v) is 6.17. The van der Waals surface area contributed by atoms with Crippen LogP contribution in [0.3, 0.4) is 0 Å². The van der Waals surface area contributed by atoms with Crippen molar-refractivity contribution in [3.63, 3.8) is 0 Å². The zero-order valence-corrected chi connectivity index (χ0v) is 18.7. The second kappa shape index (κ2) is 10.2. The van der Waals surface area contributed by atoms with Gasteiger partial charge in [-0.05, 0) is 30.5 Å². The summed E-state index contributed by atoms with van der Waals surface area (Å²) in [5.74, 6) is -2.37. The van der Waals surface area contributed by atoms with Gasteiger partial charge in [-0.3, -0.25) is 14.6 Å². The molecule has 34 heavy (non-hydrogen) atoms. The van der Waals surface area contributed by atoms with E-state index in [1.54, 1.807) is 11.1 Å². The minimum Gasteiger partial charge on any atom is -0.475 e. The Bertz CT molecular complexity index is 1020. The van der Waals surface area contributed by atoms with Crippen LogP contribution in [-0.2, 0) is 27.3 Å². The minimum absolute atomic E-state index is 0.00179. The van der Waals surface area contributed by atoms with Gasteiger partial charge in [0.05, 0.1) is 18.7 Å². The quantitative estimate of drug-likeness (QED) is 0.715. The molecule has 1 spiro atoms. The van der Waals surface area contributed by atoms with Crippen LogP contribution in [0.4, 0.5) is 13.2 Å². The average molecular weight is 477 g/mol. The van der Waals surface area contributed by atoms with Crippen LogP contribution in [0.2, 0.25) is 0 Å². The minimum atomic E-state index is -5.08. The fraction of sp³-hybridized carbons (Fsp3) is 0.417. The topological polar surface area (TPSA) is 90.8 Å². The Labute approximate surface area is 195 Å². The Morgan fingerprint density at radius 2 is 1.79 bits per heavy atom. The molecule has 182 valence electrons. The third kappa shape index (κ3) is 6.33. The highest BCUT2D eigenvalue weighted by molar-refractivity contribution is 5.84. The number of halogens is 3. The van der Waals surface area contributed by atoms with Crippen molar-refractivity contribution in [1.29, 1.82) is 0 Å². The molecule has 2 heterocycles. The molecule has 1 aliphatic carbocycles. The van der Waals surface area contributed by atoms with Crippen molar-refractivity contribution in [3.05, 3.63) is 66.0 Å². The first kappa shape index (κ1) is 25.2. The monoisotopic (exact) mass is 477 g/mol. The van der Waals surface area contributed by atoms with E-state index >= 15 is 0 Å². The number of aromatic nitrogens is 1. The Balaban J connectivity index is 0.000000406. The second-order valence-corrected chi connectivity index (χ2v) is 8.67. The van der Waals surface area contributed by atoms with E-state index in [2.05, 4.69) is 4.98 Å². The van der Waals surface area contributed by atoms with Crippen LogP contribution in [0.15, 0.2) is 54.7 Å². The van der Waals surface area contributed by atoms with Gasteiger partial charge in [0.2, 0.25) is 11.8 Å². The maximum absolute atomic E-state index is 12.8. The molecule has 2 aromatic rings. The first-order chi connectivity index (χ1) is 16.0. The molecule has 2 unspecified atom stereocenters. The number of alkyl halides is 3. The number of carbonyl (C=O) groups excluding carboxylic acids is 2. The Morgan fingerprint density at radius 3 is 2.38 bits per heavy atom. The second-order valence-electron chi connectivity index (χ2n) is 8.67. The highest BCUT2D eigenvalue weighted by atomic mass is 19.4. The summed E-state index contributed by atoms with van der Waals surface area (Å²) in [6.07, 6.45) is -1.07. The van der Waals surface area contributed by atoms with Crippen molar-refractivity contribution < 1.29 is 32.7 Å². The van der Waals surface area contributed by atoms with Gasteiger partial charge >= 0.3 is 12.1 Å². The lowest BCUT2D eigenvalue weighted by atomic mass is 10.0. The van der Waals surface area contributed by atoms with E-state index in [0.29, 0.717) is 19.5 Å². The smallest absolute Gasteiger partial charge is 0.475 e. The van der Waals surface area contributed by atoms with Gasteiger partial charge in [-0.2, -0.15) is 13.2 Å². The van der Waals surface area contributed by atoms with Crippen LogP contribution in [0, 0.1) is 11.3 Å². The molecule has 1 aromatic carbocycles. The Hall–Kier alpha value is -3.43. The summed E-state index contributed by atoms with van der Waals surface area (Å²) in [5, 5.41) is 7.12. The lowest BCUT2D eigenvalue weighted by molar-refractivity contribution is -0.192. The zero-order valence-electron chi connectivity index (χ0n) is 18.7. The molecule has 0 radical (unpaired) electrons. The van der Waals surface area contributed by atoms with Gasteiger partial charge in [0.25, 0.3) is 0 Å². The number of hydrogen-bond acceptors (Lipinski definition) is 4. The number of hydrogen-bond donors (Lipinski definition) is 1. The number of aliphatic carboxylic acids is 1. The van der Waals surface area contributed by atoms with Crippen molar-refractivity contribution in [2.45, 2.75) is 32.0 Å². The molecule has 2 atom stereocenters. The molecule has 4 rings (SSSR count). The predicted octanol–water partition coefficient (Wildman–Crippen LogP) is 3.15. The van der Waals surface area contributed by atoms with Gasteiger partial charge < -0.3 is 14.9 Å². The van der Waals surface area contributed by atoms with Crippen LogP contribution in [0.5, 0.6) is 0 Å². The lowest BCUT2D eigenvalue weighted by Gasteiger charge is -2.19. The number of carbonyl (C=O) groups is 3. The molecule has 2 aliphatic rings. The predicted molar refractivity (Wildman–Crippen MR) is 116 cm³/mol. The van der Waals surface area contributed by atoms with E-state index < -0.39 is 12.1 Å². The summed E-state index contributed by atoms with van der Waals surface area (Å²) in [7, 11) is 1.84. The fourth-order valence-corrected chi connectivity index (χ4v) is 4.22. The summed E-state index contributed by atoms with van der Waals surface area (Å²) in [5.41, 5.74) is 1.94.